The summed E-state index contributed by atoms with van der Waals surface area (Å²) in [6, 6.07) is 0. The highest BCUT2D eigenvalue weighted by Gasteiger charge is 2.31. The van der Waals surface area contributed by atoms with Gasteiger partial charge in [0.25, 0.3) is 0 Å². The van der Waals surface area contributed by atoms with Gasteiger partial charge in [0, 0.05) is 38.6 Å². The van der Waals surface area contributed by atoms with Crippen LogP contribution in [0.25, 0.3) is 0 Å². The minimum atomic E-state index is -0.337. The van der Waals surface area contributed by atoms with Crippen LogP contribution in [0.2, 0.25) is 0 Å². The zero-order valence-corrected chi connectivity index (χ0v) is 18.7. The van der Waals surface area contributed by atoms with Crippen molar-refractivity contribution >= 4 is 35.8 Å². The minimum Gasteiger partial charge on any atom is -0.354 e. The fourth-order valence-electron chi connectivity index (χ4n) is 3.25. The van der Waals surface area contributed by atoms with E-state index in [-0.39, 0.29) is 35.3 Å². The maximum absolute atomic E-state index is 11.9. The van der Waals surface area contributed by atoms with Gasteiger partial charge in [-0.1, -0.05) is 41.0 Å². The first-order valence-corrected chi connectivity index (χ1v) is 8.96. The third kappa shape index (κ3) is 7.57. The summed E-state index contributed by atoms with van der Waals surface area (Å²) in [5.41, 5.74) is 0.0571. The number of likely N-dealkylation sites (tertiary alicyclic amines) is 1. The molecule has 1 atom stereocenters. The zero-order valence-electron chi connectivity index (χ0n) is 16.4. The molecule has 1 saturated heterocycles. The van der Waals surface area contributed by atoms with Crippen molar-refractivity contribution in [2.24, 2.45) is 15.8 Å². The van der Waals surface area contributed by atoms with E-state index in [1.165, 1.54) is 25.7 Å². The van der Waals surface area contributed by atoms with E-state index in [9.17, 15) is 4.79 Å². The van der Waals surface area contributed by atoms with Crippen LogP contribution in [0, 0.1) is 10.8 Å². The Hall–Kier alpha value is -0.530. The summed E-state index contributed by atoms with van der Waals surface area (Å²) in [5.74, 6) is 1.04. The number of halogens is 1. The van der Waals surface area contributed by atoms with Crippen molar-refractivity contribution in [1.82, 2.24) is 15.5 Å². The van der Waals surface area contributed by atoms with Gasteiger partial charge in [-0.15, -0.1) is 24.0 Å². The second kappa shape index (κ2) is 10.5. The molecule has 1 heterocycles. The van der Waals surface area contributed by atoms with Gasteiger partial charge >= 0.3 is 0 Å². The van der Waals surface area contributed by atoms with Crippen LogP contribution >= 0.6 is 24.0 Å². The van der Waals surface area contributed by atoms with Gasteiger partial charge in [0.05, 0.1) is 0 Å². The Kier molecular flexibility index (Phi) is 10.2. The van der Waals surface area contributed by atoms with E-state index in [1.54, 1.807) is 0 Å². The van der Waals surface area contributed by atoms with Crippen molar-refractivity contribution < 1.29 is 4.79 Å². The Balaban J connectivity index is 0.00000529. The lowest BCUT2D eigenvalue weighted by Crippen LogP contribution is -2.51. The summed E-state index contributed by atoms with van der Waals surface area (Å²) in [6.07, 6.45) is 5.02. The monoisotopic (exact) mass is 452 g/mol. The molecule has 0 aliphatic carbocycles. The Morgan fingerprint density at radius 1 is 1.25 bits per heavy atom. The quantitative estimate of drug-likeness (QED) is 0.292. The topological polar surface area (TPSA) is 56.7 Å². The lowest BCUT2D eigenvalue weighted by Gasteiger charge is -2.42. The van der Waals surface area contributed by atoms with E-state index in [2.05, 4.69) is 34.4 Å². The van der Waals surface area contributed by atoms with E-state index < -0.39 is 0 Å². The Morgan fingerprint density at radius 3 is 2.42 bits per heavy atom. The van der Waals surface area contributed by atoms with Crippen molar-refractivity contribution in [2.75, 3.05) is 33.2 Å². The molecule has 0 aromatic carbocycles. The summed E-state index contributed by atoms with van der Waals surface area (Å²) in [5, 5.41) is 6.35. The Bertz CT molecular complexity index is 416. The number of aliphatic imine (C=N–C) groups is 1. The van der Waals surface area contributed by atoms with Gasteiger partial charge < -0.3 is 15.5 Å². The fourth-order valence-corrected chi connectivity index (χ4v) is 3.25. The van der Waals surface area contributed by atoms with Gasteiger partial charge in [0.15, 0.2) is 5.96 Å². The second-order valence-electron chi connectivity index (χ2n) is 8.07. The van der Waals surface area contributed by atoms with Crippen LogP contribution in [0.5, 0.6) is 0 Å². The van der Waals surface area contributed by atoms with Crippen LogP contribution < -0.4 is 10.6 Å². The molecule has 1 rings (SSSR count). The molecule has 0 saturated carbocycles. The zero-order chi connectivity index (χ0) is 17.5. The Labute approximate surface area is 165 Å². The molecule has 1 aliphatic heterocycles. The first-order valence-electron chi connectivity index (χ1n) is 8.96. The van der Waals surface area contributed by atoms with Crippen LogP contribution in [-0.2, 0) is 4.79 Å². The number of piperidine rings is 1. The molecule has 0 aromatic heterocycles. The molecule has 0 aromatic rings. The molecule has 1 amide bonds. The minimum absolute atomic E-state index is 0. The number of carbonyl (C=O) groups is 1. The van der Waals surface area contributed by atoms with Gasteiger partial charge in [-0.25, -0.2) is 0 Å². The highest BCUT2D eigenvalue weighted by atomic mass is 127. The van der Waals surface area contributed by atoms with Crippen LogP contribution in [0.1, 0.15) is 60.3 Å². The van der Waals surface area contributed by atoms with Crippen molar-refractivity contribution in [3.05, 3.63) is 0 Å². The molecular formula is C18H37IN4O. The predicted octanol–water partition coefficient (Wildman–Crippen LogP) is 3.24. The van der Waals surface area contributed by atoms with E-state index in [0.717, 1.165) is 19.0 Å². The van der Waals surface area contributed by atoms with Crippen LogP contribution in [0.15, 0.2) is 4.99 Å². The molecule has 1 unspecified atom stereocenters. The number of nitrogens with one attached hydrogen (secondary N) is 2. The summed E-state index contributed by atoms with van der Waals surface area (Å²) in [4.78, 5) is 18.6. The molecule has 5 nitrogen and oxygen atoms in total. The van der Waals surface area contributed by atoms with E-state index in [1.807, 2.05) is 27.8 Å². The maximum Gasteiger partial charge on any atom is 0.225 e. The van der Waals surface area contributed by atoms with Crippen LogP contribution in [0.4, 0.5) is 0 Å². The smallest absolute Gasteiger partial charge is 0.225 e. The predicted molar refractivity (Wildman–Crippen MR) is 113 cm³/mol. The average Bonchev–Trinajstić information content (AvgIpc) is 2.46. The number of carbonyl (C=O) groups excluding carboxylic acids is 1. The van der Waals surface area contributed by atoms with E-state index in [0.29, 0.717) is 18.5 Å². The van der Waals surface area contributed by atoms with Crippen molar-refractivity contribution in [3.8, 4) is 0 Å². The number of amides is 1. The molecule has 0 radical (unpaired) electrons. The van der Waals surface area contributed by atoms with Gasteiger partial charge in [0.1, 0.15) is 0 Å². The fraction of sp³-hybridized carbons (Fsp3) is 0.889. The molecule has 24 heavy (non-hydrogen) atoms. The molecular weight excluding hydrogens is 415 g/mol. The number of nitrogens with zero attached hydrogens (tertiary/aromatic N) is 2. The normalized spacial score (nSPS) is 21.9. The average molecular weight is 452 g/mol. The molecule has 1 fully saturated rings. The lowest BCUT2D eigenvalue weighted by molar-refractivity contribution is -0.128. The standard InChI is InChI=1S/C18H36N4O.HI/c1-7-9-18(5)10-8-13-22(14-18)16(19-6)21-12-11-20-15(23)17(2,3)4;/h7-14H2,1-6H3,(H,19,21)(H,20,23);1H. The van der Waals surface area contributed by atoms with Crippen molar-refractivity contribution in [1.29, 1.82) is 0 Å². The largest absolute Gasteiger partial charge is 0.354 e. The van der Waals surface area contributed by atoms with Crippen molar-refractivity contribution in [2.45, 2.75) is 60.3 Å². The summed E-state index contributed by atoms with van der Waals surface area (Å²) in [6.45, 7) is 13.9. The van der Waals surface area contributed by atoms with Gasteiger partial charge in [-0.2, -0.15) is 0 Å². The Morgan fingerprint density at radius 2 is 1.88 bits per heavy atom. The number of hydrogen-bond donors (Lipinski definition) is 2. The SMILES string of the molecule is CCCC1(C)CCCN(C(=NC)NCCNC(=O)C(C)(C)C)C1.I. The number of rotatable bonds is 5. The summed E-state index contributed by atoms with van der Waals surface area (Å²) >= 11 is 0. The molecule has 6 heteroatoms. The molecule has 142 valence electrons. The first kappa shape index (κ1) is 23.5. The van der Waals surface area contributed by atoms with E-state index >= 15 is 0 Å². The highest BCUT2D eigenvalue weighted by Crippen LogP contribution is 2.33. The number of hydrogen-bond acceptors (Lipinski definition) is 2. The van der Waals surface area contributed by atoms with Crippen LogP contribution in [-0.4, -0.2) is 50.0 Å². The van der Waals surface area contributed by atoms with Gasteiger partial charge in [0.2, 0.25) is 5.91 Å². The van der Waals surface area contributed by atoms with Gasteiger partial charge in [-0.3, -0.25) is 9.79 Å². The summed E-state index contributed by atoms with van der Waals surface area (Å²) in [7, 11) is 1.84. The molecule has 1 aliphatic rings. The van der Waals surface area contributed by atoms with Crippen LogP contribution in [0.3, 0.4) is 0 Å². The molecule has 0 bridgehead atoms. The molecule has 2 N–H and O–H groups in total. The number of guanidine groups is 1. The molecule has 0 spiro atoms. The highest BCUT2D eigenvalue weighted by molar-refractivity contribution is 14.0. The summed E-state index contributed by atoms with van der Waals surface area (Å²) < 4.78 is 0. The maximum atomic E-state index is 11.9. The third-order valence-corrected chi connectivity index (χ3v) is 4.52. The second-order valence-corrected chi connectivity index (χ2v) is 8.07. The van der Waals surface area contributed by atoms with Gasteiger partial charge in [-0.05, 0) is 24.7 Å². The third-order valence-electron chi connectivity index (χ3n) is 4.52. The first-order chi connectivity index (χ1) is 10.7. The van der Waals surface area contributed by atoms with E-state index in [4.69, 9.17) is 0 Å². The lowest BCUT2D eigenvalue weighted by atomic mass is 9.78. The van der Waals surface area contributed by atoms with Crippen molar-refractivity contribution in [3.63, 3.8) is 0 Å².